The lowest BCUT2D eigenvalue weighted by atomic mass is 10.2. The largest absolute Gasteiger partial charge is 0.493 e. The second-order valence-corrected chi connectivity index (χ2v) is 5.95. The summed E-state index contributed by atoms with van der Waals surface area (Å²) in [5, 5.41) is 5.63. The molecule has 0 spiro atoms. The first-order valence-corrected chi connectivity index (χ1v) is 8.81. The molecule has 25 heavy (non-hydrogen) atoms. The van der Waals surface area contributed by atoms with E-state index in [4.69, 9.17) is 14.2 Å². The molecule has 0 radical (unpaired) electrons. The topological polar surface area (TPSA) is 68.8 Å². The fourth-order valence-corrected chi connectivity index (χ4v) is 2.76. The Kier molecular flexibility index (Phi) is 6.82. The maximum absolute atomic E-state index is 12.1. The molecule has 0 saturated carbocycles. The Morgan fingerprint density at radius 3 is 2.28 bits per heavy atom. The van der Waals surface area contributed by atoms with Gasteiger partial charge in [0, 0.05) is 17.1 Å². The van der Waals surface area contributed by atoms with Gasteiger partial charge in [0.2, 0.25) is 5.75 Å². The second kappa shape index (κ2) is 9.08. The van der Waals surface area contributed by atoms with Crippen LogP contribution in [0.25, 0.3) is 0 Å². The third-order valence-corrected chi connectivity index (χ3v) is 4.23. The highest BCUT2D eigenvalue weighted by Crippen LogP contribution is 2.38. The number of hydrogen-bond donors (Lipinski definition) is 2. The molecule has 0 fully saturated rings. The number of urea groups is 1. The van der Waals surface area contributed by atoms with Crippen molar-refractivity contribution in [1.82, 2.24) is 5.32 Å². The van der Waals surface area contributed by atoms with Gasteiger partial charge in [-0.3, -0.25) is 0 Å². The maximum Gasteiger partial charge on any atom is 0.319 e. The highest BCUT2D eigenvalue weighted by molar-refractivity contribution is 7.98. The van der Waals surface area contributed by atoms with Crippen LogP contribution >= 0.6 is 11.8 Å². The zero-order valence-corrected chi connectivity index (χ0v) is 15.5. The van der Waals surface area contributed by atoms with Gasteiger partial charge >= 0.3 is 6.03 Å². The number of carbonyl (C=O) groups is 1. The van der Waals surface area contributed by atoms with Crippen LogP contribution in [0.5, 0.6) is 17.2 Å². The van der Waals surface area contributed by atoms with E-state index in [2.05, 4.69) is 10.6 Å². The first kappa shape index (κ1) is 18.8. The van der Waals surface area contributed by atoms with E-state index in [1.807, 2.05) is 30.5 Å². The number of methoxy groups -OCH3 is 3. The van der Waals surface area contributed by atoms with Gasteiger partial charge in [-0.25, -0.2) is 4.79 Å². The summed E-state index contributed by atoms with van der Waals surface area (Å²) in [6.45, 7) is 0.324. The summed E-state index contributed by atoms with van der Waals surface area (Å²) in [5.41, 5.74) is 1.58. The minimum atomic E-state index is -0.285. The molecule has 0 aliphatic heterocycles. The number of anilines is 1. The van der Waals surface area contributed by atoms with E-state index in [0.717, 1.165) is 16.1 Å². The van der Waals surface area contributed by atoms with Crippen LogP contribution in [0, 0.1) is 0 Å². The quantitative estimate of drug-likeness (QED) is 0.734. The monoisotopic (exact) mass is 362 g/mol. The fraction of sp³-hybridized carbons (Fsp3) is 0.278. The second-order valence-electron chi connectivity index (χ2n) is 5.07. The van der Waals surface area contributed by atoms with Gasteiger partial charge < -0.3 is 24.8 Å². The van der Waals surface area contributed by atoms with E-state index in [9.17, 15) is 4.79 Å². The minimum absolute atomic E-state index is 0.285. The highest BCUT2D eigenvalue weighted by Gasteiger charge is 2.13. The molecule has 0 saturated heterocycles. The summed E-state index contributed by atoms with van der Waals surface area (Å²) < 4.78 is 15.9. The van der Waals surface area contributed by atoms with Crippen LogP contribution in [-0.4, -0.2) is 33.6 Å². The van der Waals surface area contributed by atoms with Crippen LogP contribution in [0.1, 0.15) is 5.56 Å². The average molecular weight is 362 g/mol. The summed E-state index contributed by atoms with van der Waals surface area (Å²) in [7, 11) is 4.66. The van der Waals surface area contributed by atoms with Crippen molar-refractivity contribution in [2.45, 2.75) is 11.4 Å². The normalized spacial score (nSPS) is 10.1. The van der Waals surface area contributed by atoms with Gasteiger partial charge in [0.15, 0.2) is 11.5 Å². The molecule has 2 amide bonds. The van der Waals surface area contributed by atoms with E-state index in [0.29, 0.717) is 23.8 Å². The van der Waals surface area contributed by atoms with E-state index in [1.54, 1.807) is 45.2 Å². The fourth-order valence-electron chi connectivity index (χ4n) is 2.30. The molecule has 0 bridgehead atoms. The van der Waals surface area contributed by atoms with Gasteiger partial charge in [-0.2, -0.15) is 0 Å². The lowest BCUT2D eigenvalue weighted by molar-refractivity contribution is 0.251. The molecule has 2 N–H and O–H groups in total. The van der Waals surface area contributed by atoms with Crippen LogP contribution in [0.15, 0.2) is 41.3 Å². The van der Waals surface area contributed by atoms with Crippen LogP contribution < -0.4 is 24.8 Å². The summed E-state index contributed by atoms with van der Waals surface area (Å²) in [5.74, 6) is 1.62. The predicted molar refractivity (Wildman–Crippen MR) is 100 cm³/mol. The number of thioether (sulfide) groups is 1. The molecular weight excluding hydrogens is 340 g/mol. The molecule has 6 nitrogen and oxygen atoms in total. The van der Waals surface area contributed by atoms with Crippen molar-refractivity contribution in [3.63, 3.8) is 0 Å². The number of ether oxygens (including phenoxy) is 3. The van der Waals surface area contributed by atoms with Crippen molar-refractivity contribution in [1.29, 1.82) is 0 Å². The number of hydrogen-bond acceptors (Lipinski definition) is 5. The smallest absolute Gasteiger partial charge is 0.319 e. The Labute approximate surface area is 151 Å². The molecule has 0 aromatic heterocycles. The standard InChI is InChI=1S/C18H22N2O4S/c1-22-15-8-12(9-16(23-2)17(15)24-3)11-19-18(21)20-13-6-5-7-14(10-13)25-4/h5-10H,11H2,1-4H3,(H2,19,20,21). The Morgan fingerprint density at radius 1 is 1.04 bits per heavy atom. The lowest BCUT2D eigenvalue weighted by Gasteiger charge is -2.14. The third-order valence-electron chi connectivity index (χ3n) is 3.51. The van der Waals surface area contributed by atoms with E-state index < -0.39 is 0 Å². The van der Waals surface area contributed by atoms with Gasteiger partial charge in [0.25, 0.3) is 0 Å². The Morgan fingerprint density at radius 2 is 1.72 bits per heavy atom. The molecule has 0 aliphatic carbocycles. The molecule has 2 rings (SSSR count). The zero-order chi connectivity index (χ0) is 18.2. The first-order chi connectivity index (χ1) is 12.1. The third kappa shape index (κ3) is 4.96. The van der Waals surface area contributed by atoms with E-state index in [1.165, 1.54) is 0 Å². The highest BCUT2D eigenvalue weighted by atomic mass is 32.2. The van der Waals surface area contributed by atoms with Crippen molar-refractivity contribution in [2.75, 3.05) is 32.9 Å². The predicted octanol–water partition coefficient (Wildman–Crippen LogP) is 3.76. The molecule has 0 aliphatic rings. The molecule has 0 atom stereocenters. The zero-order valence-electron chi connectivity index (χ0n) is 14.7. The SMILES string of the molecule is COc1cc(CNC(=O)Nc2cccc(SC)c2)cc(OC)c1OC. The first-order valence-electron chi connectivity index (χ1n) is 7.59. The van der Waals surface area contributed by atoms with Crippen molar-refractivity contribution >= 4 is 23.5 Å². The Balaban J connectivity index is 2.03. The van der Waals surface area contributed by atoms with Gasteiger partial charge in [0.05, 0.1) is 21.3 Å². The molecule has 2 aromatic carbocycles. The van der Waals surface area contributed by atoms with Crippen molar-refractivity contribution < 1.29 is 19.0 Å². The molecule has 0 unspecified atom stereocenters. The van der Waals surface area contributed by atoms with Crippen LogP contribution in [-0.2, 0) is 6.54 Å². The molecular formula is C18H22N2O4S. The van der Waals surface area contributed by atoms with Crippen molar-refractivity contribution in [3.05, 3.63) is 42.0 Å². The summed E-state index contributed by atoms with van der Waals surface area (Å²) in [4.78, 5) is 13.2. The molecule has 0 heterocycles. The van der Waals surface area contributed by atoms with Gasteiger partial charge in [-0.1, -0.05) is 6.07 Å². The van der Waals surface area contributed by atoms with Gasteiger partial charge in [-0.05, 0) is 42.2 Å². The summed E-state index contributed by atoms with van der Waals surface area (Å²) in [6, 6.07) is 11.0. The average Bonchev–Trinajstić information content (AvgIpc) is 2.65. The maximum atomic E-state index is 12.1. The van der Waals surface area contributed by atoms with Gasteiger partial charge in [0.1, 0.15) is 0 Å². The minimum Gasteiger partial charge on any atom is -0.493 e. The van der Waals surface area contributed by atoms with Crippen molar-refractivity contribution in [3.8, 4) is 17.2 Å². The number of amides is 2. The van der Waals surface area contributed by atoms with Crippen LogP contribution in [0.3, 0.4) is 0 Å². The molecule has 2 aromatic rings. The molecule has 134 valence electrons. The summed E-state index contributed by atoms with van der Waals surface area (Å²) >= 11 is 1.62. The molecule has 7 heteroatoms. The van der Waals surface area contributed by atoms with E-state index >= 15 is 0 Å². The Hall–Kier alpha value is -2.54. The number of carbonyl (C=O) groups excluding carboxylic acids is 1. The number of benzene rings is 2. The van der Waals surface area contributed by atoms with Crippen molar-refractivity contribution in [2.24, 2.45) is 0 Å². The van der Waals surface area contributed by atoms with Gasteiger partial charge in [-0.15, -0.1) is 11.8 Å². The van der Waals surface area contributed by atoms with Crippen LogP contribution in [0.2, 0.25) is 0 Å². The number of rotatable bonds is 7. The Bertz CT molecular complexity index is 712. The lowest BCUT2D eigenvalue weighted by Crippen LogP contribution is -2.28. The van der Waals surface area contributed by atoms with E-state index in [-0.39, 0.29) is 6.03 Å². The summed E-state index contributed by atoms with van der Waals surface area (Å²) in [6.07, 6.45) is 1.99. The van der Waals surface area contributed by atoms with Crippen LogP contribution in [0.4, 0.5) is 10.5 Å². The number of nitrogens with one attached hydrogen (secondary N) is 2.